The average molecular weight is 564 g/mol. The van der Waals surface area contributed by atoms with Crippen LogP contribution in [0.3, 0.4) is 0 Å². The van der Waals surface area contributed by atoms with E-state index in [1.165, 1.54) is 12.1 Å². The van der Waals surface area contributed by atoms with Crippen LogP contribution >= 0.6 is 0 Å². The van der Waals surface area contributed by atoms with Crippen molar-refractivity contribution < 1.29 is 49.7 Å². The lowest BCUT2D eigenvalue weighted by molar-refractivity contribution is -0.358. The number of carbonyl (C=O) groups excluding carboxylic acids is 1. The Hall–Kier alpha value is -3.64. The van der Waals surface area contributed by atoms with Gasteiger partial charge in [-0.2, -0.15) is 41.0 Å². The van der Waals surface area contributed by atoms with Gasteiger partial charge in [-0.3, -0.25) is 0 Å². The first kappa shape index (κ1) is 31.6. The zero-order valence-corrected chi connectivity index (χ0v) is 20.9. The van der Waals surface area contributed by atoms with E-state index in [2.05, 4.69) is 21.5 Å². The summed E-state index contributed by atoms with van der Waals surface area (Å²) in [4.78, 5) is 11.3. The highest BCUT2D eigenvalue weighted by Gasteiger charge is 2.73. The highest BCUT2D eigenvalue weighted by molar-refractivity contribution is 5.86. The Kier molecular flexibility index (Phi) is 11.3. The van der Waals surface area contributed by atoms with Gasteiger partial charge in [-0.1, -0.05) is 6.58 Å². The Morgan fingerprint density at radius 3 is 1.67 bits per heavy atom. The largest absolute Gasteiger partial charge is 0.494 e. The Morgan fingerprint density at radius 1 is 0.744 bits per heavy atom. The molecule has 2 aromatic rings. The van der Waals surface area contributed by atoms with Crippen molar-refractivity contribution in [2.45, 2.75) is 50.6 Å². The number of nitrogens with zero attached hydrogens (tertiary/aromatic N) is 2. The second kappa shape index (κ2) is 13.9. The van der Waals surface area contributed by atoms with E-state index in [0.29, 0.717) is 30.2 Å². The van der Waals surface area contributed by atoms with Crippen LogP contribution in [0.15, 0.2) is 70.9 Å². The van der Waals surface area contributed by atoms with Crippen molar-refractivity contribution in [2.24, 2.45) is 10.2 Å². The summed E-state index contributed by atoms with van der Waals surface area (Å²) in [6.45, 7) is 3.79. The van der Waals surface area contributed by atoms with Gasteiger partial charge in [0, 0.05) is 5.57 Å². The van der Waals surface area contributed by atoms with Crippen LogP contribution in [0.5, 0.6) is 11.5 Å². The number of ether oxygens (including phenoxy) is 3. The molecule has 0 spiro atoms. The van der Waals surface area contributed by atoms with Crippen LogP contribution in [0, 0.1) is 0 Å². The van der Waals surface area contributed by atoms with Gasteiger partial charge in [-0.25, -0.2) is 4.79 Å². The molecule has 0 atom stereocenters. The number of hydrogen-bond donors (Lipinski definition) is 0. The number of benzene rings is 2. The molecule has 214 valence electrons. The third-order valence-electron chi connectivity index (χ3n) is 5.08. The van der Waals surface area contributed by atoms with Crippen LogP contribution in [-0.4, -0.2) is 43.8 Å². The van der Waals surface area contributed by atoms with Crippen molar-refractivity contribution in [1.29, 1.82) is 0 Å². The zero-order chi connectivity index (χ0) is 29.1. The van der Waals surface area contributed by atoms with Crippen molar-refractivity contribution in [1.82, 2.24) is 0 Å². The molecule has 0 unspecified atom stereocenters. The SMILES string of the molecule is C=C(C)C(=O)OCCCCCCOc1ccc(N=Nc2ccc(OCC(F)(F)C(F)(F)C(F)(F)F)cc2)cc1. The molecule has 0 aliphatic carbocycles. The van der Waals surface area contributed by atoms with Gasteiger partial charge in [0.1, 0.15) is 11.5 Å². The number of azo groups is 1. The fourth-order valence-electron chi connectivity index (χ4n) is 2.84. The average Bonchev–Trinajstić information content (AvgIpc) is 2.88. The lowest BCUT2D eigenvalue weighted by Crippen LogP contribution is -2.54. The van der Waals surface area contributed by atoms with Gasteiger partial charge in [0.15, 0.2) is 6.61 Å². The molecule has 0 fully saturated rings. The predicted octanol–water partition coefficient (Wildman–Crippen LogP) is 8.37. The van der Waals surface area contributed by atoms with Crippen LogP contribution in [0.25, 0.3) is 0 Å². The van der Waals surface area contributed by atoms with E-state index in [1.54, 1.807) is 31.2 Å². The van der Waals surface area contributed by atoms with Crippen molar-refractivity contribution in [3.05, 3.63) is 60.7 Å². The summed E-state index contributed by atoms with van der Waals surface area (Å²) in [6.07, 6.45) is -3.05. The standard InChI is InChI=1S/C26H27F7N2O4/c1-18(2)23(36)38-16-6-4-3-5-15-37-21-11-7-19(8-12-21)34-35-20-9-13-22(14-10-20)39-17-24(27,28)25(29,30)26(31,32)33/h7-14H,1,3-6,15-17H2,2H3. The molecule has 0 amide bonds. The lowest BCUT2D eigenvalue weighted by atomic mass is 10.2. The van der Waals surface area contributed by atoms with E-state index in [9.17, 15) is 35.5 Å². The molecule has 0 N–H and O–H groups in total. The third kappa shape index (κ3) is 9.88. The molecule has 0 heterocycles. The minimum absolute atomic E-state index is 0.254. The van der Waals surface area contributed by atoms with Crippen LogP contribution in [0.2, 0.25) is 0 Å². The maximum atomic E-state index is 13.3. The second-order valence-electron chi connectivity index (χ2n) is 8.43. The number of unbranched alkanes of at least 4 members (excludes halogenated alkanes) is 3. The second-order valence-corrected chi connectivity index (χ2v) is 8.43. The first-order valence-electron chi connectivity index (χ1n) is 11.8. The Bertz CT molecular complexity index is 1100. The summed E-state index contributed by atoms with van der Waals surface area (Å²) < 4.78 is 104. The van der Waals surface area contributed by atoms with Crippen molar-refractivity contribution in [3.63, 3.8) is 0 Å². The van der Waals surface area contributed by atoms with Crippen molar-refractivity contribution in [2.75, 3.05) is 19.8 Å². The molecule has 6 nitrogen and oxygen atoms in total. The monoisotopic (exact) mass is 564 g/mol. The normalized spacial score (nSPS) is 12.4. The molecule has 0 saturated heterocycles. The molecule has 0 radical (unpaired) electrons. The van der Waals surface area contributed by atoms with Crippen molar-refractivity contribution in [3.8, 4) is 11.5 Å². The maximum Gasteiger partial charge on any atom is 0.460 e. The fourth-order valence-corrected chi connectivity index (χ4v) is 2.84. The van der Waals surface area contributed by atoms with Gasteiger partial charge in [0.25, 0.3) is 0 Å². The van der Waals surface area contributed by atoms with Crippen LogP contribution in [0.1, 0.15) is 32.6 Å². The number of alkyl halides is 7. The fraction of sp³-hybridized carbons (Fsp3) is 0.423. The minimum atomic E-state index is -6.42. The quantitative estimate of drug-likeness (QED) is 0.0717. The van der Waals surface area contributed by atoms with Crippen LogP contribution < -0.4 is 9.47 Å². The lowest BCUT2D eigenvalue weighted by Gasteiger charge is -2.27. The predicted molar refractivity (Wildman–Crippen MR) is 128 cm³/mol. The molecular formula is C26H27F7N2O4. The van der Waals surface area contributed by atoms with Crippen LogP contribution in [0.4, 0.5) is 42.1 Å². The number of halogens is 7. The summed E-state index contributed by atoms with van der Waals surface area (Å²) in [5, 5.41) is 7.93. The van der Waals surface area contributed by atoms with Gasteiger partial charge >= 0.3 is 24.0 Å². The van der Waals surface area contributed by atoms with E-state index >= 15 is 0 Å². The van der Waals surface area contributed by atoms with E-state index in [1.807, 2.05) is 0 Å². The molecule has 0 aromatic heterocycles. The molecule has 0 bridgehead atoms. The molecule has 0 saturated carbocycles. The summed E-state index contributed by atoms with van der Waals surface area (Å²) in [5.41, 5.74) is 1.10. The Balaban J connectivity index is 1.73. The molecule has 39 heavy (non-hydrogen) atoms. The Labute approximate surface area is 220 Å². The number of rotatable bonds is 15. The first-order valence-corrected chi connectivity index (χ1v) is 11.8. The number of hydrogen-bond acceptors (Lipinski definition) is 6. The van der Waals surface area contributed by atoms with Gasteiger partial charge in [0.05, 0.1) is 24.6 Å². The smallest absolute Gasteiger partial charge is 0.460 e. The van der Waals surface area contributed by atoms with E-state index in [0.717, 1.165) is 37.8 Å². The summed E-state index contributed by atoms with van der Waals surface area (Å²) in [5.74, 6) is -11.8. The van der Waals surface area contributed by atoms with Gasteiger partial charge in [-0.15, -0.1) is 0 Å². The summed E-state index contributed by atoms with van der Waals surface area (Å²) in [6, 6.07) is 11.4. The third-order valence-corrected chi connectivity index (χ3v) is 5.08. The van der Waals surface area contributed by atoms with Crippen LogP contribution in [-0.2, 0) is 9.53 Å². The van der Waals surface area contributed by atoms with Crippen molar-refractivity contribution >= 4 is 17.3 Å². The maximum absolute atomic E-state index is 13.3. The highest BCUT2D eigenvalue weighted by atomic mass is 19.4. The summed E-state index contributed by atoms with van der Waals surface area (Å²) in [7, 11) is 0. The zero-order valence-electron chi connectivity index (χ0n) is 20.9. The number of carbonyl (C=O) groups is 1. The molecule has 2 aromatic carbocycles. The number of esters is 1. The van der Waals surface area contributed by atoms with Gasteiger partial charge < -0.3 is 14.2 Å². The molecular weight excluding hydrogens is 537 g/mol. The highest BCUT2D eigenvalue weighted by Crippen LogP contribution is 2.46. The van der Waals surface area contributed by atoms with E-state index in [4.69, 9.17) is 9.47 Å². The van der Waals surface area contributed by atoms with Gasteiger partial charge in [0.2, 0.25) is 0 Å². The Morgan fingerprint density at radius 2 is 1.21 bits per heavy atom. The molecule has 13 heteroatoms. The molecule has 0 aliphatic rings. The topological polar surface area (TPSA) is 69.5 Å². The van der Waals surface area contributed by atoms with E-state index in [-0.39, 0.29) is 11.4 Å². The van der Waals surface area contributed by atoms with Gasteiger partial charge in [-0.05, 0) is 81.1 Å². The van der Waals surface area contributed by atoms with E-state index < -0.39 is 30.6 Å². The first-order chi connectivity index (χ1) is 18.2. The molecule has 2 rings (SSSR count). The minimum Gasteiger partial charge on any atom is -0.494 e. The molecule has 0 aliphatic heterocycles. The summed E-state index contributed by atoms with van der Waals surface area (Å²) >= 11 is 0.